The van der Waals surface area contributed by atoms with Crippen molar-refractivity contribution in [1.29, 1.82) is 0 Å². The highest BCUT2D eigenvalue weighted by Crippen LogP contribution is 2.38. The van der Waals surface area contributed by atoms with Gasteiger partial charge in [0.05, 0.1) is 21.3 Å². The lowest BCUT2D eigenvalue weighted by Crippen LogP contribution is -2.49. The van der Waals surface area contributed by atoms with Crippen molar-refractivity contribution in [3.05, 3.63) is 29.5 Å². The summed E-state index contributed by atoms with van der Waals surface area (Å²) in [5.74, 6) is 3.11. The van der Waals surface area contributed by atoms with Gasteiger partial charge in [-0.05, 0) is 38.3 Å². The average molecular weight is 456 g/mol. The Morgan fingerprint density at radius 2 is 1.42 bits per heavy atom. The Kier molecular flexibility index (Phi) is 7.05. The average Bonchev–Trinajstić information content (AvgIpc) is 2.87. The zero-order chi connectivity index (χ0) is 23.4. The van der Waals surface area contributed by atoms with Crippen LogP contribution >= 0.6 is 0 Å². The normalized spacial score (nSPS) is 16.5. The van der Waals surface area contributed by atoms with Crippen LogP contribution in [0, 0.1) is 6.92 Å². The number of benzene rings is 1. The highest BCUT2D eigenvalue weighted by Gasteiger charge is 2.26. The highest BCUT2D eigenvalue weighted by molar-refractivity contribution is 5.95. The van der Waals surface area contributed by atoms with Crippen molar-refractivity contribution in [2.75, 3.05) is 70.4 Å². The molecule has 0 saturated carbocycles. The van der Waals surface area contributed by atoms with E-state index in [1.165, 1.54) is 19.3 Å². The second kappa shape index (κ2) is 10.1. The fourth-order valence-corrected chi connectivity index (χ4v) is 4.46. The number of ether oxygens (including phenoxy) is 3. The molecule has 0 N–H and O–H groups in total. The summed E-state index contributed by atoms with van der Waals surface area (Å²) >= 11 is 0. The first-order valence-electron chi connectivity index (χ1n) is 11.5. The van der Waals surface area contributed by atoms with Crippen LogP contribution in [0.4, 0.5) is 11.8 Å². The monoisotopic (exact) mass is 455 g/mol. The number of piperazine rings is 1. The number of piperidine rings is 1. The van der Waals surface area contributed by atoms with Gasteiger partial charge in [0.15, 0.2) is 11.5 Å². The number of hydrogen-bond acceptors (Lipinski definition) is 8. The molecular formula is C24H33N5O4. The van der Waals surface area contributed by atoms with E-state index in [4.69, 9.17) is 19.2 Å². The number of anilines is 2. The van der Waals surface area contributed by atoms with E-state index in [0.717, 1.165) is 30.5 Å². The molecule has 1 aromatic heterocycles. The molecule has 2 saturated heterocycles. The van der Waals surface area contributed by atoms with E-state index in [2.05, 4.69) is 20.9 Å². The molecular weight excluding hydrogens is 422 g/mol. The number of nitrogens with zero attached hydrogens (tertiary/aromatic N) is 5. The van der Waals surface area contributed by atoms with Crippen molar-refractivity contribution >= 4 is 17.7 Å². The first-order valence-corrected chi connectivity index (χ1v) is 11.5. The molecule has 9 heteroatoms. The number of amides is 1. The predicted molar refractivity (Wildman–Crippen MR) is 127 cm³/mol. The summed E-state index contributed by atoms with van der Waals surface area (Å²) in [4.78, 5) is 29.1. The molecule has 4 rings (SSSR count). The molecule has 1 amide bonds. The van der Waals surface area contributed by atoms with Crippen molar-refractivity contribution in [2.45, 2.75) is 26.2 Å². The zero-order valence-corrected chi connectivity index (χ0v) is 20.0. The summed E-state index contributed by atoms with van der Waals surface area (Å²) < 4.78 is 16.2. The van der Waals surface area contributed by atoms with Gasteiger partial charge in [0, 0.05) is 56.6 Å². The van der Waals surface area contributed by atoms with Gasteiger partial charge in [0.2, 0.25) is 11.7 Å². The molecule has 3 heterocycles. The molecule has 0 bridgehead atoms. The third-order valence-corrected chi connectivity index (χ3v) is 6.27. The Hall–Kier alpha value is -3.23. The summed E-state index contributed by atoms with van der Waals surface area (Å²) in [7, 11) is 4.64. The van der Waals surface area contributed by atoms with Gasteiger partial charge in [-0.3, -0.25) is 4.79 Å². The number of carbonyl (C=O) groups excluding carboxylic acids is 1. The highest BCUT2D eigenvalue weighted by atomic mass is 16.5. The smallest absolute Gasteiger partial charge is 0.254 e. The van der Waals surface area contributed by atoms with Gasteiger partial charge in [-0.25, -0.2) is 4.98 Å². The third-order valence-electron chi connectivity index (χ3n) is 6.27. The van der Waals surface area contributed by atoms with E-state index in [-0.39, 0.29) is 5.91 Å². The second-order valence-electron chi connectivity index (χ2n) is 8.41. The SMILES string of the molecule is COc1cc(C(=O)N2CCN(c3nc(C)cc(N4CCCCC4)n3)CC2)cc(OC)c1OC. The van der Waals surface area contributed by atoms with E-state index in [0.29, 0.717) is 49.0 Å². The number of rotatable bonds is 6. The van der Waals surface area contributed by atoms with Gasteiger partial charge in [0.1, 0.15) is 5.82 Å². The van der Waals surface area contributed by atoms with Crippen molar-refractivity contribution in [2.24, 2.45) is 0 Å². The van der Waals surface area contributed by atoms with Gasteiger partial charge in [-0.2, -0.15) is 4.98 Å². The lowest BCUT2D eigenvalue weighted by molar-refractivity contribution is 0.0745. The van der Waals surface area contributed by atoms with Gasteiger partial charge in [0.25, 0.3) is 5.91 Å². The molecule has 0 unspecified atom stereocenters. The van der Waals surface area contributed by atoms with Gasteiger partial charge < -0.3 is 28.9 Å². The molecule has 33 heavy (non-hydrogen) atoms. The maximum absolute atomic E-state index is 13.2. The maximum Gasteiger partial charge on any atom is 0.254 e. The topological polar surface area (TPSA) is 80.3 Å². The molecule has 0 radical (unpaired) electrons. The zero-order valence-electron chi connectivity index (χ0n) is 20.0. The number of hydrogen-bond donors (Lipinski definition) is 0. The van der Waals surface area contributed by atoms with Crippen LogP contribution in [0.2, 0.25) is 0 Å². The Morgan fingerprint density at radius 1 is 0.788 bits per heavy atom. The first kappa shape index (κ1) is 22.9. The van der Waals surface area contributed by atoms with Crippen molar-refractivity contribution in [3.8, 4) is 17.2 Å². The first-order chi connectivity index (χ1) is 16.0. The van der Waals surface area contributed by atoms with E-state index in [1.54, 1.807) is 33.5 Å². The van der Waals surface area contributed by atoms with Crippen LogP contribution in [0.15, 0.2) is 18.2 Å². The molecule has 0 atom stereocenters. The largest absolute Gasteiger partial charge is 0.493 e. The van der Waals surface area contributed by atoms with Gasteiger partial charge in [-0.15, -0.1) is 0 Å². The van der Waals surface area contributed by atoms with Crippen LogP contribution < -0.4 is 24.0 Å². The van der Waals surface area contributed by atoms with E-state index < -0.39 is 0 Å². The summed E-state index contributed by atoms with van der Waals surface area (Å²) in [5.41, 5.74) is 1.48. The maximum atomic E-state index is 13.2. The number of aromatic nitrogens is 2. The second-order valence-corrected chi connectivity index (χ2v) is 8.41. The van der Waals surface area contributed by atoms with Crippen LogP contribution in [0.3, 0.4) is 0 Å². The fraction of sp³-hybridized carbons (Fsp3) is 0.542. The summed E-state index contributed by atoms with van der Waals surface area (Å²) in [6.07, 6.45) is 3.70. The molecule has 178 valence electrons. The third kappa shape index (κ3) is 4.91. The molecule has 9 nitrogen and oxygen atoms in total. The van der Waals surface area contributed by atoms with Gasteiger partial charge >= 0.3 is 0 Å². The minimum Gasteiger partial charge on any atom is -0.493 e. The van der Waals surface area contributed by atoms with Crippen LogP contribution in [0.5, 0.6) is 17.2 Å². The lowest BCUT2D eigenvalue weighted by atomic mass is 10.1. The van der Waals surface area contributed by atoms with Crippen molar-refractivity contribution < 1.29 is 19.0 Å². The molecule has 2 aliphatic heterocycles. The molecule has 0 aliphatic carbocycles. The Morgan fingerprint density at radius 3 is 2.00 bits per heavy atom. The Labute approximate surface area is 195 Å². The molecule has 0 spiro atoms. The Balaban J connectivity index is 1.46. The minimum atomic E-state index is -0.0620. The fourth-order valence-electron chi connectivity index (χ4n) is 4.46. The molecule has 1 aromatic carbocycles. The van der Waals surface area contributed by atoms with E-state index in [9.17, 15) is 4.79 Å². The number of methoxy groups -OCH3 is 3. The summed E-state index contributed by atoms with van der Waals surface area (Å²) in [6, 6.07) is 5.47. The van der Waals surface area contributed by atoms with Crippen molar-refractivity contribution in [3.63, 3.8) is 0 Å². The lowest BCUT2D eigenvalue weighted by Gasteiger charge is -2.35. The van der Waals surface area contributed by atoms with Crippen LogP contribution in [-0.4, -0.2) is 81.4 Å². The van der Waals surface area contributed by atoms with Crippen molar-refractivity contribution in [1.82, 2.24) is 14.9 Å². The quantitative estimate of drug-likeness (QED) is 0.658. The standard InChI is InChI=1S/C24H33N5O4/c1-17-14-21(27-8-6-5-7-9-27)26-24(25-17)29-12-10-28(11-13-29)23(30)18-15-19(31-2)22(33-4)20(16-18)32-3/h14-16H,5-13H2,1-4H3. The number of carbonyl (C=O) groups is 1. The molecule has 2 fully saturated rings. The minimum absolute atomic E-state index is 0.0620. The molecule has 2 aliphatic rings. The molecule has 2 aromatic rings. The van der Waals surface area contributed by atoms with Crippen LogP contribution in [0.1, 0.15) is 35.3 Å². The summed E-state index contributed by atoms with van der Waals surface area (Å²) in [6.45, 7) is 6.65. The van der Waals surface area contributed by atoms with E-state index >= 15 is 0 Å². The predicted octanol–water partition coefficient (Wildman–Crippen LogP) is 2.76. The Bertz CT molecular complexity index is 960. The van der Waals surface area contributed by atoms with Crippen LogP contribution in [0.25, 0.3) is 0 Å². The summed E-state index contributed by atoms with van der Waals surface area (Å²) in [5, 5.41) is 0. The number of aryl methyl sites for hydroxylation is 1. The van der Waals surface area contributed by atoms with E-state index in [1.807, 2.05) is 11.8 Å². The van der Waals surface area contributed by atoms with Crippen LogP contribution in [-0.2, 0) is 0 Å². The van der Waals surface area contributed by atoms with Gasteiger partial charge in [-0.1, -0.05) is 0 Å².